The van der Waals surface area contributed by atoms with E-state index in [1.165, 1.54) is 31.6 Å². The third kappa shape index (κ3) is 7.72. The summed E-state index contributed by atoms with van der Waals surface area (Å²) in [6.45, 7) is 3.48. The van der Waals surface area contributed by atoms with Crippen molar-refractivity contribution in [1.82, 2.24) is 29.3 Å². The number of methoxy groups -OCH3 is 1. The number of anilines is 2. The van der Waals surface area contributed by atoms with Crippen LogP contribution < -0.4 is 20.1 Å². The number of amides is 2. The molecule has 44 heavy (non-hydrogen) atoms. The fourth-order valence-corrected chi connectivity index (χ4v) is 4.65. The van der Waals surface area contributed by atoms with Gasteiger partial charge in [-0.3, -0.25) is 23.6 Å². The second kappa shape index (κ2) is 15.3. The lowest BCUT2D eigenvalue weighted by atomic mass is 10.0. The molecule has 0 unspecified atom stereocenters. The normalized spacial score (nSPS) is 11.1. The Bertz CT molecular complexity index is 1650. The summed E-state index contributed by atoms with van der Waals surface area (Å²) >= 11 is -0.430. The molecule has 0 saturated heterocycles. The number of imidazole rings is 1. The number of carbonyl (C=O) groups is 2. The summed E-state index contributed by atoms with van der Waals surface area (Å²) in [6.07, 6.45) is 5.15. The second-order valence-corrected chi connectivity index (χ2v) is 10.0. The van der Waals surface area contributed by atoms with E-state index in [2.05, 4.69) is 25.3 Å². The number of likely N-dealkylation sites (N-methyl/N-ethyl adjacent to an activating group) is 1. The minimum absolute atomic E-state index is 0.0234. The molecule has 2 aromatic heterocycles. The van der Waals surface area contributed by atoms with Crippen molar-refractivity contribution in [2.24, 2.45) is 0 Å². The van der Waals surface area contributed by atoms with Crippen molar-refractivity contribution in [3.63, 3.8) is 0 Å². The molecule has 4 aromatic rings. The Morgan fingerprint density at radius 3 is 2.68 bits per heavy atom. The van der Waals surface area contributed by atoms with Crippen LogP contribution >= 0.6 is 0 Å². The monoisotopic (exact) mass is 629 g/mol. The Balaban J connectivity index is 1.37. The van der Waals surface area contributed by atoms with E-state index in [-0.39, 0.29) is 29.7 Å². The average molecular weight is 630 g/mol. The van der Waals surface area contributed by atoms with E-state index in [0.717, 1.165) is 5.56 Å². The molecular formula is C29H33F2N7O5S. The first-order valence-corrected chi connectivity index (χ1v) is 14.5. The Morgan fingerprint density at radius 2 is 1.93 bits per heavy atom. The number of halogens is 2. The van der Waals surface area contributed by atoms with Crippen LogP contribution in [0.25, 0.3) is 16.9 Å². The van der Waals surface area contributed by atoms with Crippen molar-refractivity contribution >= 4 is 40.8 Å². The molecule has 0 bridgehead atoms. The number of hydrogen-bond acceptors (Lipinski definition) is 9. The highest BCUT2D eigenvalue weighted by molar-refractivity contribution is 7.64. The lowest BCUT2D eigenvalue weighted by Crippen LogP contribution is -2.35. The molecule has 0 radical (unpaired) electrons. The van der Waals surface area contributed by atoms with Gasteiger partial charge in [0, 0.05) is 42.3 Å². The first-order valence-electron chi connectivity index (χ1n) is 13.7. The third-order valence-electron chi connectivity index (χ3n) is 6.70. The van der Waals surface area contributed by atoms with Gasteiger partial charge in [-0.15, -0.1) is 0 Å². The van der Waals surface area contributed by atoms with Gasteiger partial charge in [0.25, 0.3) is 5.91 Å². The maximum atomic E-state index is 14.8. The predicted octanol–water partition coefficient (Wildman–Crippen LogP) is 2.64. The maximum absolute atomic E-state index is 14.8. The van der Waals surface area contributed by atoms with Crippen LogP contribution in [0, 0.1) is 11.6 Å². The summed E-state index contributed by atoms with van der Waals surface area (Å²) in [7, 11) is 3.01. The van der Waals surface area contributed by atoms with Crippen molar-refractivity contribution in [1.29, 1.82) is 0 Å². The largest absolute Gasteiger partial charge is 0.494 e. The SMILES string of the molecule is CCc1cc(Nc2nccn3c(-c4ccc(OC)c(F)c4F)cnc23)ccc1C(=O)NCCOCCN(C)CC(=O)N[SH]=O. The van der Waals surface area contributed by atoms with E-state index >= 15 is 0 Å². The Morgan fingerprint density at radius 1 is 1.11 bits per heavy atom. The molecule has 12 nitrogen and oxygen atoms in total. The predicted molar refractivity (Wildman–Crippen MR) is 162 cm³/mol. The first-order chi connectivity index (χ1) is 21.3. The molecule has 3 N–H and O–H groups in total. The number of rotatable bonds is 15. The number of aryl methyl sites for hydroxylation is 1. The van der Waals surface area contributed by atoms with Crippen LogP contribution in [0.5, 0.6) is 5.75 Å². The van der Waals surface area contributed by atoms with Crippen LogP contribution in [0.1, 0.15) is 22.8 Å². The smallest absolute Gasteiger partial charge is 0.251 e. The highest BCUT2D eigenvalue weighted by Crippen LogP contribution is 2.31. The van der Waals surface area contributed by atoms with Crippen LogP contribution in [0.15, 0.2) is 48.9 Å². The minimum Gasteiger partial charge on any atom is -0.494 e. The fourth-order valence-electron chi connectivity index (χ4n) is 4.48. The highest BCUT2D eigenvalue weighted by Gasteiger charge is 2.19. The number of aromatic nitrogens is 3. The van der Waals surface area contributed by atoms with Gasteiger partial charge >= 0.3 is 0 Å². The average Bonchev–Trinajstić information content (AvgIpc) is 3.45. The van der Waals surface area contributed by atoms with Crippen LogP contribution in [0.4, 0.5) is 20.3 Å². The Hall–Kier alpha value is -4.47. The first kappa shape index (κ1) is 32.4. The van der Waals surface area contributed by atoms with Gasteiger partial charge < -0.3 is 20.1 Å². The lowest BCUT2D eigenvalue weighted by Gasteiger charge is -2.15. The van der Waals surface area contributed by atoms with Gasteiger partial charge in [0.15, 0.2) is 23.0 Å². The highest BCUT2D eigenvalue weighted by atomic mass is 32.2. The Labute approximate surface area is 256 Å². The Kier molecular flexibility index (Phi) is 11.3. The number of ether oxygens (including phenoxy) is 2. The summed E-state index contributed by atoms with van der Waals surface area (Å²) in [6, 6.07) is 8.09. The van der Waals surface area contributed by atoms with Gasteiger partial charge in [-0.1, -0.05) is 6.92 Å². The van der Waals surface area contributed by atoms with E-state index in [1.807, 2.05) is 13.0 Å². The third-order valence-corrected chi connectivity index (χ3v) is 7.04. The van der Waals surface area contributed by atoms with Crippen molar-refractivity contribution < 1.29 is 32.1 Å². The number of fused-ring (bicyclic) bond motifs is 1. The summed E-state index contributed by atoms with van der Waals surface area (Å²) in [4.78, 5) is 34.8. The maximum Gasteiger partial charge on any atom is 0.251 e. The molecule has 0 aliphatic rings. The van der Waals surface area contributed by atoms with Gasteiger partial charge in [-0.05, 0) is 49.4 Å². The van der Waals surface area contributed by atoms with Crippen LogP contribution in [-0.2, 0) is 27.8 Å². The molecule has 2 amide bonds. The molecule has 0 spiro atoms. The molecule has 0 fully saturated rings. The summed E-state index contributed by atoms with van der Waals surface area (Å²) in [5.41, 5.74) is 2.75. The number of nitrogens with one attached hydrogen (secondary N) is 3. The zero-order valence-corrected chi connectivity index (χ0v) is 25.3. The van der Waals surface area contributed by atoms with E-state index < -0.39 is 23.5 Å². The zero-order valence-electron chi connectivity index (χ0n) is 24.4. The van der Waals surface area contributed by atoms with E-state index in [4.69, 9.17) is 9.47 Å². The number of benzene rings is 2. The van der Waals surface area contributed by atoms with E-state index in [0.29, 0.717) is 61.1 Å². The zero-order chi connectivity index (χ0) is 31.6. The molecule has 0 aliphatic heterocycles. The second-order valence-electron chi connectivity index (χ2n) is 9.64. The van der Waals surface area contributed by atoms with Gasteiger partial charge in [-0.2, -0.15) is 4.39 Å². The van der Waals surface area contributed by atoms with E-state index in [9.17, 15) is 22.6 Å². The number of thiol groups is 1. The topological polar surface area (TPSA) is 139 Å². The van der Waals surface area contributed by atoms with Crippen LogP contribution in [-0.4, -0.2) is 82.3 Å². The van der Waals surface area contributed by atoms with Gasteiger partial charge in [-0.25, -0.2) is 18.6 Å². The molecule has 2 aromatic carbocycles. The molecule has 2 heterocycles. The molecule has 4 rings (SSSR count). The summed E-state index contributed by atoms with van der Waals surface area (Å²) in [5.74, 6) is -2.53. The van der Waals surface area contributed by atoms with Gasteiger partial charge in [0.2, 0.25) is 11.7 Å². The van der Waals surface area contributed by atoms with Crippen molar-refractivity contribution in [2.45, 2.75) is 13.3 Å². The van der Waals surface area contributed by atoms with Crippen LogP contribution in [0.3, 0.4) is 0 Å². The van der Waals surface area contributed by atoms with Crippen molar-refractivity contribution in [3.8, 4) is 17.0 Å². The van der Waals surface area contributed by atoms with E-state index in [1.54, 1.807) is 34.7 Å². The fraction of sp³-hybridized carbons (Fsp3) is 0.310. The molecule has 0 aliphatic carbocycles. The van der Waals surface area contributed by atoms with Gasteiger partial charge in [0.05, 0.1) is 38.8 Å². The molecular weight excluding hydrogens is 596 g/mol. The number of nitrogens with zero attached hydrogens (tertiary/aromatic N) is 4. The molecule has 234 valence electrons. The quantitative estimate of drug-likeness (QED) is 0.116. The summed E-state index contributed by atoms with van der Waals surface area (Å²) < 4.78 is 53.7. The van der Waals surface area contributed by atoms with Crippen LogP contribution in [0.2, 0.25) is 0 Å². The molecule has 0 saturated carbocycles. The standard InChI is InChI=1S/C29H33F2N7O5S/c1-4-18-15-19(5-6-20(18)29(40)33-10-13-43-14-12-37(2)17-24(39)36-44-41)35-27-28-34-16-22(38(28)11-9-32-27)21-7-8-23(42-3)26(31)25(21)30/h5-9,11,15-16,44H,4,10,12-14,17H2,1-3H3,(H,32,35)(H,33,40)(H,36,39,41). The van der Waals surface area contributed by atoms with Crippen molar-refractivity contribution in [3.05, 3.63) is 71.7 Å². The number of carbonyl (C=O) groups excluding carboxylic acids is 2. The molecule has 15 heteroatoms. The van der Waals surface area contributed by atoms with Gasteiger partial charge in [0.1, 0.15) is 11.9 Å². The minimum atomic E-state index is -1.08. The van der Waals surface area contributed by atoms with Crippen molar-refractivity contribution in [2.75, 3.05) is 52.3 Å². The number of hydrogen-bond donors (Lipinski definition) is 4. The summed E-state index contributed by atoms with van der Waals surface area (Å²) in [5, 5.41) is 6.06. The molecule has 0 atom stereocenters. The lowest BCUT2D eigenvalue weighted by molar-refractivity contribution is -0.120.